The normalized spacial score (nSPS) is 25.5. The number of rotatable bonds is 2. The topological polar surface area (TPSA) is 108 Å². The summed E-state index contributed by atoms with van der Waals surface area (Å²) in [6, 6.07) is 2.64. The molecule has 0 aliphatic carbocycles. The van der Waals surface area contributed by atoms with Crippen LogP contribution in [0.4, 0.5) is 5.69 Å². The van der Waals surface area contributed by atoms with E-state index >= 15 is 0 Å². The van der Waals surface area contributed by atoms with Crippen molar-refractivity contribution in [3.8, 4) is 5.75 Å². The first-order valence-corrected chi connectivity index (χ1v) is 7.89. The highest BCUT2D eigenvalue weighted by atomic mass is 16.5. The van der Waals surface area contributed by atoms with Gasteiger partial charge in [-0.1, -0.05) is 0 Å². The summed E-state index contributed by atoms with van der Waals surface area (Å²) in [5.41, 5.74) is 1.99. The Morgan fingerprint density at radius 1 is 1.29 bits per heavy atom. The average Bonchev–Trinajstić information content (AvgIpc) is 2.91. The first-order chi connectivity index (χ1) is 11.6. The Bertz CT molecular complexity index is 747. The lowest BCUT2D eigenvalue weighted by Gasteiger charge is -2.30. The van der Waals surface area contributed by atoms with Crippen molar-refractivity contribution in [1.29, 1.82) is 0 Å². The molecule has 3 aliphatic rings. The zero-order valence-electron chi connectivity index (χ0n) is 12.9. The van der Waals surface area contributed by atoms with Gasteiger partial charge in [0.1, 0.15) is 18.4 Å². The maximum absolute atomic E-state index is 12.7. The van der Waals surface area contributed by atoms with Crippen molar-refractivity contribution >= 4 is 23.4 Å². The van der Waals surface area contributed by atoms with E-state index in [0.29, 0.717) is 24.3 Å². The Balaban J connectivity index is 1.63. The second kappa shape index (κ2) is 5.48. The molecule has 4 rings (SSSR count). The van der Waals surface area contributed by atoms with Gasteiger partial charge in [-0.3, -0.25) is 19.7 Å². The van der Waals surface area contributed by atoms with Crippen LogP contribution in [0.2, 0.25) is 0 Å². The first-order valence-electron chi connectivity index (χ1n) is 7.89. The number of amides is 3. The third-order valence-electron chi connectivity index (χ3n) is 4.68. The molecule has 1 saturated heterocycles. The number of nitrogens with zero attached hydrogens (tertiary/aromatic N) is 1. The molecule has 3 heterocycles. The monoisotopic (exact) mass is 331 g/mol. The highest BCUT2D eigenvalue weighted by Gasteiger charge is 2.41. The van der Waals surface area contributed by atoms with Gasteiger partial charge in [0.15, 0.2) is 0 Å². The smallest absolute Gasteiger partial charge is 0.255 e. The molecule has 1 fully saturated rings. The average molecular weight is 331 g/mol. The van der Waals surface area contributed by atoms with E-state index in [1.54, 1.807) is 12.1 Å². The number of carbonyl (C=O) groups excluding carboxylic acids is 3. The molecule has 0 radical (unpaired) electrons. The molecule has 8 nitrogen and oxygen atoms in total. The molecule has 0 spiro atoms. The summed E-state index contributed by atoms with van der Waals surface area (Å²) in [6.45, 7) is 0.541. The maximum Gasteiger partial charge on any atom is 0.255 e. The fourth-order valence-electron chi connectivity index (χ4n) is 3.44. The Kier molecular flexibility index (Phi) is 3.42. The largest absolute Gasteiger partial charge is 0.489 e. The van der Waals surface area contributed by atoms with Crippen LogP contribution in [-0.2, 0) is 16.1 Å². The zero-order valence-corrected chi connectivity index (χ0v) is 12.9. The van der Waals surface area contributed by atoms with Crippen LogP contribution in [0.5, 0.6) is 5.75 Å². The molecule has 0 unspecified atom stereocenters. The van der Waals surface area contributed by atoms with Crippen LogP contribution in [-0.4, -0.2) is 53.0 Å². The van der Waals surface area contributed by atoms with Crippen LogP contribution in [0, 0.1) is 0 Å². The summed E-state index contributed by atoms with van der Waals surface area (Å²) in [6.07, 6.45) is 0.559. The molecule has 1 aromatic carbocycles. The quantitative estimate of drug-likeness (QED) is 0.637. The summed E-state index contributed by atoms with van der Waals surface area (Å²) >= 11 is 0. The number of carbonyl (C=O) groups is 3. The van der Waals surface area contributed by atoms with Gasteiger partial charge in [0.05, 0.1) is 24.9 Å². The number of aliphatic hydroxyl groups is 1. The van der Waals surface area contributed by atoms with Crippen molar-refractivity contribution in [3.05, 3.63) is 23.3 Å². The molecule has 0 aromatic heterocycles. The van der Waals surface area contributed by atoms with E-state index in [4.69, 9.17) is 4.74 Å². The van der Waals surface area contributed by atoms with Crippen molar-refractivity contribution < 1.29 is 24.2 Å². The molecule has 0 saturated carbocycles. The molecule has 8 heteroatoms. The number of fused-ring (bicyclic) bond motifs is 3. The minimum atomic E-state index is -0.639. The third-order valence-corrected chi connectivity index (χ3v) is 4.68. The lowest BCUT2D eigenvalue weighted by molar-refractivity contribution is -0.136. The second-order valence-electron chi connectivity index (χ2n) is 6.20. The van der Waals surface area contributed by atoms with Crippen LogP contribution in [0.25, 0.3) is 0 Å². The minimum absolute atomic E-state index is 0.0438. The van der Waals surface area contributed by atoms with E-state index in [9.17, 15) is 19.5 Å². The van der Waals surface area contributed by atoms with Crippen LogP contribution in [0.3, 0.4) is 0 Å². The molecular formula is C16H17N3O5. The van der Waals surface area contributed by atoms with Crippen LogP contribution in [0.15, 0.2) is 12.1 Å². The number of benzene rings is 1. The number of piperidine rings is 1. The number of aliphatic hydroxyl groups excluding tert-OH is 1. The van der Waals surface area contributed by atoms with Gasteiger partial charge in [0.2, 0.25) is 11.8 Å². The first kappa shape index (κ1) is 14.9. The summed E-state index contributed by atoms with van der Waals surface area (Å²) in [7, 11) is 0. The standard InChI is InChI=1S/C16H17N3O5/c20-6-8-7-24-14-10-5-19(12-3-4-13(21)18-15(12)22)16(23)9(10)1-2-11(14)17-8/h1-2,8,12,17,20H,3-7H2,(H,18,21,22)/t8-,12-/m0/s1. The van der Waals surface area contributed by atoms with E-state index < -0.39 is 11.9 Å². The Morgan fingerprint density at radius 3 is 2.88 bits per heavy atom. The molecule has 3 N–H and O–H groups in total. The predicted octanol–water partition coefficient (Wildman–Crippen LogP) is -0.387. The molecule has 126 valence electrons. The predicted molar refractivity (Wildman–Crippen MR) is 82.5 cm³/mol. The molecular weight excluding hydrogens is 314 g/mol. The van der Waals surface area contributed by atoms with E-state index in [-0.39, 0.29) is 37.4 Å². The van der Waals surface area contributed by atoms with Crippen molar-refractivity contribution in [2.75, 3.05) is 18.5 Å². The fraction of sp³-hybridized carbons (Fsp3) is 0.438. The van der Waals surface area contributed by atoms with Gasteiger partial charge in [0, 0.05) is 17.5 Å². The van der Waals surface area contributed by atoms with Crippen molar-refractivity contribution in [3.63, 3.8) is 0 Å². The van der Waals surface area contributed by atoms with E-state index in [2.05, 4.69) is 10.6 Å². The molecule has 1 aromatic rings. The fourth-order valence-corrected chi connectivity index (χ4v) is 3.44. The summed E-state index contributed by atoms with van der Waals surface area (Å²) < 4.78 is 5.74. The van der Waals surface area contributed by atoms with Gasteiger partial charge >= 0.3 is 0 Å². The number of hydrogen-bond acceptors (Lipinski definition) is 6. The van der Waals surface area contributed by atoms with Gasteiger partial charge in [-0.25, -0.2) is 0 Å². The number of nitrogens with one attached hydrogen (secondary N) is 2. The van der Waals surface area contributed by atoms with Gasteiger partial charge in [-0.2, -0.15) is 0 Å². The number of imide groups is 1. The summed E-state index contributed by atoms with van der Waals surface area (Å²) in [5, 5.41) is 14.7. The second-order valence-corrected chi connectivity index (χ2v) is 6.20. The van der Waals surface area contributed by atoms with Gasteiger partial charge in [0.25, 0.3) is 5.91 Å². The summed E-state index contributed by atoms with van der Waals surface area (Å²) in [4.78, 5) is 37.5. The molecule has 3 aliphatic heterocycles. The summed E-state index contributed by atoms with van der Waals surface area (Å²) in [5.74, 6) is -0.364. The molecule has 0 bridgehead atoms. The number of ether oxygens (including phenoxy) is 1. The highest BCUT2D eigenvalue weighted by molar-refractivity contribution is 6.06. The van der Waals surface area contributed by atoms with Gasteiger partial charge < -0.3 is 20.1 Å². The molecule has 3 amide bonds. The Morgan fingerprint density at radius 2 is 2.12 bits per heavy atom. The Labute approximate surface area is 137 Å². The Hall–Kier alpha value is -2.61. The minimum Gasteiger partial charge on any atom is -0.489 e. The van der Waals surface area contributed by atoms with E-state index in [1.165, 1.54) is 4.90 Å². The lowest BCUT2D eigenvalue weighted by atomic mass is 10.0. The van der Waals surface area contributed by atoms with Crippen molar-refractivity contribution in [2.45, 2.75) is 31.5 Å². The van der Waals surface area contributed by atoms with Crippen LogP contribution < -0.4 is 15.4 Å². The highest BCUT2D eigenvalue weighted by Crippen LogP contribution is 2.40. The molecule has 24 heavy (non-hydrogen) atoms. The number of hydrogen-bond donors (Lipinski definition) is 3. The maximum atomic E-state index is 12.7. The van der Waals surface area contributed by atoms with Gasteiger partial charge in [-0.05, 0) is 18.6 Å². The third kappa shape index (κ3) is 2.22. The van der Waals surface area contributed by atoms with Gasteiger partial charge in [-0.15, -0.1) is 0 Å². The van der Waals surface area contributed by atoms with E-state index in [0.717, 1.165) is 11.3 Å². The lowest BCUT2D eigenvalue weighted by Crippen LogP contribution is -2.52. The van der Waals surface area contributed by atoms with Crippen LogP contribution >= 0.6 is 0 Å². The van der Waals surface area contributed by atoms with Crippen LogP contribution in [0.1, 0.15) is 28.8 Å². The number of anilines is 1. The zero-order chi connectivity index (χ0) is 16.8. The SMILES string of the molecule is O=C1CC[C@H](N2Cc3c(ccc4c3OC[C@H](CO)N4)C2=O)C(=O)N1. The van der Waals surface area contributed by atoms with E-state index in [1.807, 2.05) is 0 Å². The van der Waals surface area contributed by atoms with Crippen molar-refractivity contribution in [2.24, 2.45) is 0 Å². The van der Waals surface area contributed by atoms with Crippen molar-refractivity contribution in [1.82, 2.24) is 10.2 Å². The molecule has 2 atom stereocenters.